The number of carbonyl (C=O) groups is 1. The standard InChI is InChI=1S/C18H14N4O/c1-11-4-13-5-12(6-14(8-19)17(13)22-9-11)7-15-10-21-3-2-16(15)18(20)23/h2-6,9-10H,7H2,1H3,(H2,20,23). The van der Waals surface area contributed by atoms with Crippen LogP contribution in [0.1, 0.15) is 32.6 Å². The molecule has 3 rings (SSSR count). The van der Waals surface area contributed by atoms with E-state index in [4.69, 9.17) is 5.73 Å². The Morgan fingerprint density at radius 2 is 2.13 bits per heavy atom. The largest absolute Gasteiger partial charge is 0.366 e. The number of primary amides is 1. The van der Waals surface area contributed by atoms with Crippen LogP contribution in [0.4, 0.5) is 0 Å². The number of hydrogen-bond acceptors (Lipinski definition) is 4. The van der Waals surface area contributed by atoms with E-state index >= 15 is 0 Å². The van der Waals surface area contributed by atoms with Crippen molar-refractivity contribution >= 4 is 16.8 Å². The highest BCUT2D eigenvalue weighted by atomic mass is 16.1. The summed E-state index contributed by atoms with van der Waals surface area (Å²) < 4.78 is 0. The molecule has 0 spiro atoms. The molecule has 3 aromatic rings. The van der Waals surface area contributed by atoms with E-state index in [0.717, 1.165) is 22.1 Å². The van der Waals surface area contributed by atoms with Gasteiger partial charge in [-0.2, -0.15) is 5.26 Å². The molecule has 2 aromatic heterocycles. The molecule has 0 fully saturated rings. The van der Waals surface area contributed by atoms with Gasteiger partial charge in [-0.1, -0.05) is 0 Å². The molecule has 0 saturated heterocycles. The van der Waals surface area contributed by atoms with Crippen LogP contribution in [0.25, 0.3) is 10.9 Å². The average Bonchev–Trinajstić information content (AvgIpc) is 2.54. The number of pyridine rings is 2. The molecule has 0 radical (unpaired) electrons. The number of carbonyl (C=O) groups excluding carboxylic acids is 1. The Labute approximate surface area is 133 Å². The van der Waals surface area contributed by atoms with Crippen molar-refractivity contribution in [2.45, 2.75) is 13.3 Å². The minimum absolute atomic E-state index is 0.445. The van der Waals surface area contributed by atoms with Crippen LogP contribution in [0, 0.1) is 18.3 Å². The van der Waals surface area contributed by atoms with E-state index in [0.29, 0.717) is 23.1 Å². The molecule has 0 unspecified atom stereocenters. The molecule has 5 heteroatoms. The fourth-order valence-corrected chi connectivity index (χ4v) is 2.64. The van der Waals surface area contributed by atoms with Crippen molar-refractivity contribution in [2.75, 3.05) is 0 Å². The Morgan fingerprint density at radius 1 is 1.30 bits per heavy atom. The second-order valence-electron chi connectivity index (χ2n) is 5.41. The summed E-state index contributed by atoms with van der Waals surface area (Å²) in [7, 11) is 0. The van der Waals surface area contributed by atoms with Gasteiger partial charge in [0.25, 0.3) is 0 Å². The average molecular weight is 302 g/mol. The summed E-state index contributed by atoms with van der Waals surface area (Å²) in [6, 6.07) is 9.56. The highest BCUT2D eigenvalue weighted by Gasteiger charge is 2.11. The SMILES string of the molecule is Cc1cnc2c(C#N)cc(Cc3cnccc3C(N)=O)cc2c1. The van der Waals surface area contributed by atoms with Gasteiger partial charge in [-0.25, -0.2) is 0 Å². The van der Waals surface area contributed by atoms with Gasteiger partial charge in [0.1, 0.15) is 6.07 Å². The first-order valence-electron chi connectivity index (χ1n) is 7.10. The fraction of sp³-hybridized carbons (Fsp3) is 0.111. The third-order valence-corrected chi connectivity index (χ3v) is 3.66. The molecular formula is C18H14N4O. The molecule has 1 aromatic carbocycles. The highest BCUT2D eigenvalue weighted by Crippen LogP contribution is 2.22. The summed E-state index contributed by atoms with van der Waals surface area (Å²) in [4.78, 5) is 19.9. The van der Waals surface area contributed by atoms with Crippen LogP contribution in [0.2, 0.25) is 0 Å². The van der Waals surface area contributed by atoms with Crippen molar-refractivity contribution in [3.63, 3.8) is 0 Å². The van der Waals surface area contributed by atoms with E-state index in [1.165, 1.54) is 6.20 Å². The van der Waals surface area contributed by atoms with Gasteiger partial charge in [-0.05, 0) is 54.3 Å². The van der Waals surface area contributed by atoms with Crippen LogP contribution in [-0.4, -0.2) is 15.9 Å². The zero-order chi connectivity index (χ0) is 16.4. The summed E-state index contributed by atoms with van der Waals surface area (Å²) in [5.74, 6) is -0.485. The molecule has 112 valence electrons. The first-order chi connectivity index (χ1) is 11.1. The van der Waals surface area contributed by atoms with Gasteiger partial charge in [0, 0.05) is 29.5 Å². The lowest BCUT2D eigenvalue weighted by Crippen LogP contribution is -2.14. The third kappa shape index (κ3) is 2.87. The van der Waals surface area contributed by atoms with Gasteiger partial charge in [0.2, 0.25) is 5.91 Å². The van der Waals surface area contributed by atoms with Crippen LogP contribution in [0.15, 0.2) is 42.9 Å². The normalized spacial score (nSPS) is 10.4. The van der Waals surface area contributed by atoms with E-state index in [9.17, 15) is 10.1 Å². The molecule has 2 heterocycles. The molecule has 0 aliphatic carbocycles. The van der Waals surface area contributed by atoms with Crippen molar-refractivity contribution in [3.8, 4) is 6.07 Å². The monoisotopic (exact) mass is 302 g/mol. The molecular weight excluding hydrogens is 288 g/mol. The maximum atomic E-state index is 11.5. The first kappa shape index (κ1) is 14.7. The second-order valence-corrected chi connectivity index (χ2v) is 5.41. The van der Waals surface area contributed by atoms with Gasteiger partial charge in [0.15, 0.2) is 0 Å². The minimum Gasteiger partial charge on any atom is -0.366 e. The Balaban J connectivity index is 2.11. The molecule has 0 aliphatic heterocycles. The Bertz CT molecular complexity index is 957. The summed E-state index contributed by atoms with van der Waals surface area (Å²) in [6.45, 7) is 1.96. The lowest BCUT2D eigenvalue weighted by Gasteiger charge is -2.08. The Hall–Kier alpha value is -3.26. The molecule has 23 heavy (non-hydrogen) atoms. The van der Waals surface area contributed by atoms with E-state index < -0.39 is 5.91 Å². The number of fused-ring (bicyclic) bond motifs is 1. The van der Waals surface area contributed by atoms with Gasteiger partial charge in [-0.15, -0.1) is 0 Å². The Kier molecular flexibility index (Phi) is 3.73. The number of aryl methyl sites for hydroxylation is 1. The van der Waals surface area contributed by atoms with E-state index in [-0.39, 0.29) is 0 Å². The number of benzene rings is 1. The van der Waals surface area contributed by atoms with Crippen molar-refractivity contribution in [1.82, 2.24) is 9.97 Å². The van der Waals surface area contributed by atoms with Gasteiger partial charge in [-0.3, -0.25) is 14.8 Å². The number of rotatable bonds is 3. The molecule has 2 N–H and O–H groups in total. The van der Waals surface area contributed by atoms with Crippen LogP contribution in [0.5, 0.6) is 0 Å². The number of amides is 1. The van der Waals surface area contributed by atoms with E-state index in [1.54, 1.807) is 24.5 Å². The maximum Gasteiger partial charge on any atom is 0.249 e. The summed E-state index contributed by atoms with van der Waals surface area (Å²) in [5, 5.41) is 10.3. The lowest BCUT2D eigenvalue weighted by atomic mass is 9.97. The fourth-order valence-electron chi connectivity index (χ4n) is 2.64. The highest BCUT2D eigenvalue weighted by molar-refractivity contribution is 5.94. The first-order valence-corrected chi connectivity index (χ1v) is 7.10. The van der Waals surface area contributed by atoms with Gasteiger partial charge in [0.05, 0.1) is 11.1 Å². The van der Waals surface area contributed by atoms with Gasteiger partial charge < -0.3 is 5.73 Å². The maximum absolute atomic E-state index is 11.5. The van der Waals surface area contributed by atoms with Crippen molar-refractivity contribution in [3.05, 3.63) is 70.7 Å². The predicted octanol–water partition coefficient (Wildman–Crippen LogP) is 2.50. The molecule has 1 amide bonds. The zero-order valence-corrected chi connectivity index (χ0v) is 12.6. The third-order valence-electron chi connectivity index (χ3n) is 3.66. The number of hydrogen-bond donors (Lipinski definition) is 1. The Morgan fingerprint density at radius 3 is 2.87 bits per heavy atom. The summed E-state index contributed by atoms with van der Waals surface area (Å²) in [6.07, 6.45) is 5.39. The molecule has 5 nitrogen and oxygen atoms in total. The number of nitrogens with zero attached hydrogens (tertiary/aromatic N) is 3. The van der Waals surface area contributed by atoms with Crippen LogP contribution in [-0.2, 0) is 6.42 Å². The van der Waals surface area contributed by atoms with Gasteiger partial charge >= 0.3 is 0 Å². The minimum atomic E-state index is -0.485. The van der Waals surface area contributed by atoms with Crippen molar-refractivity contribution in [2.24, 2.45) is 5.73 Å². The number of nitriles is 1. The molecule has 0 atom stereocenters. The molecule has 0 bridgehead atoms. The van der Waals surface area contributed by atoms with Crippen molar-refractivity contribution < 1.29 is 4.79 Å². The van der Waals surface area contributed by atoms with E-state index in [2.05, 4.69) is 16.0 Å². The lowest BCUT2D eigenvalue weighted by molar-refractivity contribution is 0.0999. The smallest absolute Gasteiger partial charge is 0.249 e. The molecule has 0 aliphatic rings. The van der Waals surface area contributed by atoms with Crippen LogP contribution in [0.3, 0.4) is 0 Å². The van der Waals surface area contributed by atoms with Crippen LogP contribution >= 0.6 is 0 Å². The second kappa shape index (κ2) is 5.85. The quantitative estimate of drug-likeness (QED) is 0.804. The van der Waals surface area contributed by atoms with Crippen molar-refractivity contribution in [1.29, 1.82) is 5.26 Å². The van der Waals surface area contributed by atoms with E-state index in [1.807, 2.05) is 19.1 Å². The molecule has 0 saturated carbocycles. The topological polar surface area (TPSA) is 92.7 Å². The zero-order valence-electron chi connectivity index (χ0n) is 12.6. The number of aromatic nitrogens is 2. The number of nitrogens with two attached hydrogens (primary N) is 1. The van der Waals surface area contributed by atoms with Crippen LogP contribution < -0.4 is 5.73 Å². The summed E-state index contributed by atoms with van der Waals surface area (Å²) in [5.41, 5.74) is 9.73. The predicted molar refractivity (Wildman–Crippen MR) is 86.8 cm³/mol. The summed E-state index contributed by atoms with van der Waals surface area (Å²) >= 11 is 0.